The highest BCUT2D eigenvalue weighted by atomic mass is 35.7. The van der Waals surface area contributed by atoms with E-state index in [0.29, 0.717) is 12.3 Å². The van der Waals surface area contributed by atoms with Crippen molar-refractivity contribution in [1.82, 2.24) is 4.98 Å². The molecule has 0 fully saturated rings. The van der Waals surface area contributed by atoms with E-state index < -0.39 is 30.8 Å². The largest absolute Gasteiger partial charge is 0.417 e. The number of rotatable bonds is 1. The molecule has 0 amide bonds. The van der Waals surface area contributed by atoms with E-state index in [2.05, 4.69) is 4.98 Å². The summed E-state index contributed by atoms with van der Waals surface area (Å²) in [6.07, 6.45) is -4.39. The third kappa shape index (κ3) is 2.96. The highest BCUT2D eigenvalue weighted by molar-refractivity contribution is 8.13. The molecule has 0 N–H and O–H groups in total. The monoisotopic (exact) mass is 279 g/mol. The van der Waals surface area contributed by atoms with E-state index >= 15 is 0 Å². The second-order valence-electron chi connectivity index (χ2n) is 2.44. The predicted molar refractivity (Wildman–Crippen MR) is 47.3 cm³/mol. The van der Waals surface area contributed by atoms with Gasteiger partial charge in [-0.3, -0.25) is 0 Å². The molecule has 0 aliphatic rings. The fourth-order valence-corrected chi connectivity index (χ4v) is 1.98. The highest BCUT2D eigenvalue weighted by Crippen LogP contribution is 2.36. The number of aromatic nitrogens is 1. The molecule has 1 aromatic rings. The third-order valence-corrected chi connectivity index (χ3v) is 2.96. The SMILES string of the molecule is O=S(=O)(Cl)c1cnc(Cl)cc1C(F)(F)F. The number of pyridine rings is 1. The van der Waals surface area contributed by atoms with E-state index in [9.17, 15) is 21.6 Å². The summed E-state index contributed by atoms with van der Waals surface area (Å²) in [5, 5.41) is -0.466. The molecule has 0 aromatic carbocycles. The minimum absolute atomic E-state index is 0.400. The topological polar surface area (TPSA) is 47.0 Å². The summed E-state index contributed by atoms with van der Waals surface area (Å²) in [5.74, 6) is 0. The summed E-state index contributed by atoms with van der Waals surface area (Å²) >= 11 is 5.22. The highest BCUT2D eigenvalue weighted by Gasteiger charge is 2.37. The smallest absolute Gasteiger partial charge is 0.243 e. The number of nitrogens with zero attached hydrogens (tertiary/aromatic N) is 1. The standard InChI is InChI=1S/C6H2Cl2F3NO2S/c7-5-1-3(6(9,10)11)4(2-12-5)15(8,13)14/h1-2H. The molecule has 1 aromatic heterocycles. The molecule has 0 radical (unpaired) electrons. The van der Waals surface area contributed by atoms with Gasteiger partial charge in [0.25, 0.3) is 9.05 Å². The van der Waals surface area contributed by atoms with Gasteiger partial charge in [0.2, 0.25) is 0 Å². The van der Waals surface area contributed by atoms with Gasteiger partial charge in [-0.15, -0.1) is 0 Å². The van der Waals surface area contributed by atoms with Gasteiger partial charge in [-0.05, 0) is 6.07 Å². The van der Waals surface area contributed by atoms with Gasteiger partial charge < -0.3 is 0 Å². The Balaban J connectivity index is 3.55. The number of alkyl halides is 3. The molecule has 0 bridgehead atoms. The van der Waals surface area contributed by atoms with E-state index in [0.717, 1.165) is 0 Å². The van der Waals surface area contributed by atoms with Crippen LogP contribution in [-0.4, -0.2) is 13.4 Å². The van der Waals surface area contributed by atoms with E-state index in [1.807, 2.05) is 0 Å². The molecule has 0 atom stereocenters. The van der Waals surface area contributed by atoms with Gasteiger partial charge in [0.15, 0.2) is 0 Å². The van der Waals surface area contributed by atoms with Crippen LogP contribution in [0.2, 0.25) is 5.15 Å². The molecule has 1 rings (SSSR count). The van der Waals surface area contributed by atoms with Gasteiger partial charge in [-0.25, -0.2) is 13.4 Å². The third-order valence-electron chi connectivity index (χ3n) is 1.40. The molecule has 0 unspecified atom stereocenters. The van der Waals surface area contributed by atoms with Crippen molar-refractivity contribution in [3.63, 3.8) is 0 Å². The molecule has 15 heavy (non-hydrogen) atoms. The van der Waals surface area contributed by atoms with Gasteiger partial charge in [-0.2, -0.15) is 13.2 Å². The second kappa shape index (κ2) is 3.80. The first-order chi connectivity index (χ1) is 6.62. The Morgan fingerprint density at radius 2 is 1.87 bits per heavy atom. The maximum atomic E-state index is 12.3. The van der Waals surface area contributed by atoms with Crippen molar-refractivity contribution >= 4 is 31.3 Å². The van der Waals surface area contributed by atoms with Crippen LogP contribution in [0.15, 0.2) is 17.2 Å². The molecule has 0 aliphatic heterocycles. The lowest BCUT2D eigenvalue weighted by Gasteiger charge is -2.09. The summed E-state index contributed by atoms with van der Waals surface area (Å²) in [5.41, 5.74) is -1.43. The fourth-order valence-electron chi connectivity index (χ4n) is 0.833. The van der Waals surface area contributed by atoms with E-state index in [1.165, 1.54) is 0 Å². The lowest BCUT2D eigenvalue weighted by Crippen LogP contribution is -2.11. The number of hydrogen-bond donors (Lipinski definition) is 0. The Bertz CT molecular complexity index is 486. The van der Waals surface area contributed by atoms with Crippen LogP contribution in [0.1, 0.15) is 5.56 Å². The fraction of sp³-hybridized carbons (Fsp3) is 0.167. The Morgan fingerprint density at radius 1 is 1.33 bits per heavy atom. The Hall–Kier alpha value is -0.530. The maximum absolute atomic E-state index is 12.3. The predicted octanol–water partition coefficient (Wildman–Crippen LogP) is 2.68. The Kier molecular flexibility index (Phi) is 3.18. The first kappa shape index (κ1) is 12.5. The molecular formula is C6H2Cl2F3NO2S. The second-order valence-corrected chi connectivity index (χ2v) is 5.36. The van der Waals surface area contributed by atoms with Crippen molar-refractivity contribution in [3.8, 4) is 0 Å². The zero-order valence-electron chi connectivity index (χ0n) is 6.72. The van der Waals surface area contributed by atoms with Gasteiger partial charge in [0.05, 0.1) is 5.56 Å². The molecular weight excluding hydrogens is 278 g/mol. The van der Waals surface area contributed by atoms with Crippen molar-refractivity contribution in [2.24, 2.45) is 0 Å². The van der Waals surface area contributed by atoms with Crippen LogP contribution < -0.4 is 0 Å². The molecule has 9 heteroatoms. The summed E-state index contributed by atoms with van der Waals surface area (Å²) in [6, 6.07) is 0.400. The summed E-state index contributed by atoms with van der Waals surface area (Å²) < 4.78 is 58.6. The molecule has 84 valence electrons. The molecule has 3 nitrogen and oxygen atoms in total. The van der Waals surface area contributed by atoms with E-state index in [-0.39, 0.29) is 0 Å². The lowest BCUT2D eigenvalue weighted by atomic mass is 10.2. The minimum atomic E-state index is -4.86. The Morgan fingerprint density at radius 3 is 2.27 bits per heavy atom. The van der Waals surface area contributed by atoms with Crippen molar-refractivity contribution in [3.05, 3.63) is 23.0 Å². The zero-order chi connectivity index (χ0) is 11.9. The van der Waals surface area contributed by atoms with Crippen molar-refractivity contribution in [2.75, 3.05) is 0 Å². The summed E-state index contributed by atoms with van der Waals surface area (Å²) in [4.78, 5) is 2.11. The molecule has 0 saturated carbocycles. The zero-order valence-corrected chi connectivity index (χ0v) is 9.04. The van der Waals surface area contributed by atoms with Gasteiger partial charge in [0.1, 0.15) is 10.0 Å². The van der Waals surface area contributed by atoms with Crippen molar-refractivity contribution in [2.45, 2.75) is 11.1 Å². The van der Waals surface area contributed by atoms with Gasteiger partial charge in [0, 0.05) is 16.9 Å². The van der Waals surface area contributed by atoms with Gasteiger partial charge in [-0.1, -0.05) is 11.6 Å². The van der Waals surface area contributed by atoms with Gasteiger partial charge >= 0.3 is 6.18 Å². The average Bonchev–Trinajstić information content (AvgIpc) is 2.00. The molecule has 0 spiro atoms. The van der Waals surface area contributed by atoms with Crippen LogP contribution in [0.4, 0.5) is 13.2 Å². The molecule has 1 heterocycles. The first-order valence-electron chi connectivity index (χ1n) is 3.30. The van der Waals surface area contributed by atoms with Crippen LogP contribution in [0.3, 0.4) is 0 Å². The van der Waals surface area contributed by atoms with Crippen LogP contribution in [-0.2, 0) is 15.2 Å². The lowest BCUT2D eigenvalue weighted by molar-refractivity contribution is -0.139. The van der Waals surface area contributed by atoms with E-state index in [1.54, 1.807) is 0 Å². The van der Waals surface area contributed by atoms with Crippen LogP contribution in [0, 0.1) is 0 Å². The van der Waals surface area contributed by atoms with Crippen molar-refractivity contribution < 1.29 is 21.6 Å². The van der Waals surface area contributed by atoms with E-state index in [4.69, 9.17) is 22.3 Å². The summed E-state index contributed by atoms with van der Waals surface area (Å²) in [7, 11) is 0.309. The summed E-state index contributed by atoms with van der Waals surface area (Å²) in [6.45, 7) is 0. The first-order valence-corrected chi connectivity index (χ1v) is 5.98. The number of hydrogen-bond acceptors (Lipinski definition) is 3. The average molecular weight is 280 g/mol. The quantitative estimate of drug-likeness (QED) is 0.587. The normalized spacial score (nSPS) is 12.9. The van der Waals surface area contributed by atoms with Crippen LogP contribution in [0.5, 0.6) is 0 Å². The van der Waals surface area contributed by atoms with Crippen molar-refractivity contribution in [1.29, 1.82) is 0 Å². The molecule has 0 aliphatic carbocycles. The Labute approximate surface area is 92.2 Å². The maximum Gasteiger partial charge on any atom is 0.417 e. The van der Waals surface area contributed by atoms with Crippen LogP contribution >= 0.6 is 22.3 Å². The minimum Gasteiger partial charge on any atom is -0.243 e. The molecule has 0 saturated heterocycles. The number of halogens is 5. The van der Waals surface area contributed by atoms with Crippen LogP contribution in [0.25, 0.3) is 0 Å².